The first-order valence-electron chi connectivity index (χ1n) is 10.5. The van der Waals surface area contributed by atoms with E-state index in [0.29, 0.717) is 29.0 Å². The van der Waals surface area contributed by atoms with Gasteiger partial charge in [0.15, 0.2) is 0 Å². The molecule has 0 radical (unpaired) electrons. The third-order valence-corrected chi connectivity index (χ3v) is 6.65. The number of benzene rings is 2. The van der Waals surface area contributed by atoms with Gasteiger partial charge in [-0.2, -0.15) is 5.26 Å². The second-order valence-corrected chi connectivity index (χ2v) is 8.67. The van der Waals surface area contributed by atoms with Crippen LogP contribution in [0.1, 0.15) is 54.4 Å². The maximum atomic E-state index is 14.6. The molecule has 0 saturated carbocycles. The minimum absolute atomic E-state index is 0.0273. The van der Waals surface area contributed by atoms with E-state index < -0.39 is 11.8 Å². The molecule has 2 aromatic carbocycles. The van der Waals surface area contributed by atoms with Gasteiger partial charge in [-0.05, 0) is 74.7 Å². The summed E-state index contributed by atoms with van der Waals surface area (Å²) in [6, 6.07) is 9.96. The molecule has 4 rings (SSSR count). The highest BCUT2D eigenvalue weighted by molar-refractivity contribution is 8.00. The number of carboxylic acid groups (broad SMARTS) is 1. The topological polar surface area (TPSA) is 85.6 Å². The minimum atomic E-state index is -1.02. The fraction of sp³-hybridized carbons (Fsp3) is 0.391. The summed E-state index contributed by atoms with van der Waals surface area (Å²) in [5.74, 6) is -0.945. The van der Waals surface area contributed by atoms with E-state index in [-0.39, 0.29) is 11.1 Å². The van der Waals surface area contributed by atoms with Crippen LogP contribution in [0.15, 0.2) is 35.2 Å². The summed E-state index contributed by atoms with van der Waals surface area (Å²) in [7, 11) is 0. The van der Waals surface area contributed by atoms with Gasteiger partial charge >= 0.3 is 5.97 Å². The average molecular weight is 442 g/mol. The van der Waals surface area contributed by atoms with E-state index in [0.717, 1.165) is 50.8 Å². The van der Waals surface area contributed by atoms with Crippen molar-refractivity contribution < 1.29 is 19.0 Å². The van der Waals surface area contributed by atoms with Crippen LogP contribution < -0.4 is 14.4 Å². The fourth-order valence-corrected chi connectivity index (χ4v) is 5.00. The summed E-state index contributed by atoms with van der Waals surface area (Å²) in [6.45, 7) is 1.39. The van der Waals surface area contributed by atoms with Crippen LogP contribution in [0, 0.1) is 17.1 Å². The van der Waals surface area contributed by atoms with Crippen LogP contribution in [0.5, 0.6) is 5.75 Å². The van der Waals surface area contributed by atoms with Gasteiger partial charge < -0.3 is 19.5 Å². The van der Waals surface area contributed by atoms with Gasteiger partial charge in [0.2, 0.25) is 0 Å². The van der Waals surface area contributed by atoms with Crippen LogP contribution >= 0.6 is 11.9 Å². The SMILES string of the molecule is N#Cc1cc2c(cc1F)N1CCCCC1CCCCOc1ccc(C(=O)O)cc1SN2. The van der Waals surface area contributed by atoms with Crippen LogP contribution in [0.2, 0.25) is 0 Å². The Morgan fingerprint density at radius 2 is 2.03 bits per heavy atom. The molecule has 8 heteroatoms. The van der Waals surface area contributed by atoms with E-state index in [1.54, 1.807) is 12.1 Å². The molecule has 0 aliphatic carbocycles. The van der Waals surface area contributed by atoms with Crippen molar-refractivity contribution in [3.8, 4) is 11.8 Å². The lowest BCUT2D eigenvalue weighted by Crippen LogP contribution is -2.40. The number of carboxylic acids is 1. The highest BCUT2D eigenvalue weighted by Gasteiger charge is 2.26. The highest BCUT2D eigenvalue weighted by Crippen LogP contribution is 2.39. The van der Waals surface area contributed by atoms with Crippen LogP contribution in [0.25, 0.3) is 0 Å². The van der Waals surface area contributed by atoms with Crippen molar-refractivity contribution in [2.45, 2.75) is 49.5 Å². The number of hydrogen-bond donors (Lipinski definition) is 2. The Hall–Kier alpha value is -2.92. The molecule has 0 bridgehead atoms. The second kappa shape index (κ2) is 9.48. The zero-order chi connectivity index (χ0) is 21.8. The molecule has 162 valence electrons. The molecule has 1 saturated heterocycles. The van der Waals surface area contributed by atoms with Crippen LogP contribution in [-0.4, -0.2) is 30.3 Å². The molecule has 31 heavy (non-hydrogen) atoms. The Morgan fingerprint density at radius 1 is 1.23 bits per heavy atom. The highest BCUT2D eigenvalue weighted by atomic mass is 32.2. The number of nitrogens with zero attached hydrogens (tertiary/aromatic N) is 2. The first kappa shape index (κ1) is 21.3. The molecule has 2 aliphatic heterocycles. The Bertz CT molecular complexity index is 1020. The third kappa shape index (κ3) is 4.72. The predicted molar refractivity (Wildman–Crippen MR) is 118 cm³/mol. The molecule has 1 unspecified atom stereocenters. The molecule has 6 nitrogen and oxygen atoms in total. The van der Waals surface area contributed by atoms with E-state index in [2.05, 4.69) is 9.62 Å². The minimum Gasteiger partial charge on any atom is -0.492 e. The lowest BCUT2D eigenvalue weighted by atomic mass is 9.96. The lowest BCUT2D eigenvalue weighted by Gasteiger charge is -2.39. The van der Waals surface area contributed by atoms with E-state index in [4.69, 9.17) is 4.74 Å². The smallest absolute Gasteiger partial charge is 0.335 e. The number of fused-ring (bicyclic) bond motifs is 4. The first-order chi connectivity index (χ1) is 15.1. The number of carbonyl (C=O) groups is 1. The van der Waals surface area contributed by atoms with Crippen molar-refractivity contribution in [3.63, 3.8) is 0 Å². The maximum absolute atomic E-state index is 14.6. The summed E-state index contributed by atoms with van der Waals surface area (Å²) in [5, 5.41) is 18.7. The largest absolute Gasteiger partial charge is 0.492 e. The third-order valence-electron chi connectivity index (χ3n) is 5.79. The van der Waals surface area contributed by atoms with Crippen molar-refractivity contribution in [3.05, 3.63) is 47.3 Å². The monoisotopic (exact) mass is 441 g/mol. The van der Waals surface area contributed by atoms with Crippen molar-refractivity contribution in [1.82, 2.24) is 0 Å². The molecule has 0 aromatic heterocycles. The van der Waals surface area contributed by atoms with E-state index in [1.165, 1.54) is 30.1 Å². The second-order valence-electron chi connectivity index (χ2n) is 7.82. The molecule has 1 fully saturated rings. The number of nitriles is 1. The average Bonchev–Trinajstić information content (AvgIpc) is 2.79. The molecule has 1 atom stereocenters. The standard InChI is InChI=1S/C23H24FN3O3S/c24-18-13-20-19(11-16(18)14-25)26-31-22-12-15(23(28)29)7-8-21(22)30-10-4-2-6-17-5-1-3-9-27(17)20/h7-8,11-13,17,26H,1-6,9-10H2,(H,28,29). The molecule has 0 spiro atoms. The van der Waals surface area contributed by atoms with Gasteiger partial charge in [0.1, 0.15) is 17.6 Å². The van der Waals surface area contributed by atoms with Crippen LogP contribution in [-0.2, 0) is 0 Å². The predicted octanol–water partition coefficient (Wildman–Crippen LogP) is 5.44. The van der Waals surface area contributed by atoms with E-state index >= 15 is 0 Å². The summed E-state index contributed by atoms with van der Waals surface area (Å²) >= 11 is 1.21. The number of hydrogen-bond acceptors (Lipinski definition) is 6. The molecule has 2 heterocycles. The molecule has 2 aliphatic rings. The Kier molecular flexibility index (Phi) is 6.52. The molecule has 2 aromatic rings. The summed E-state index contributed by atoms with van der Waals surface area (Å²) in [5.41, 5.74) is 1.51. The Morgan fingerprint density at radius 3 is 2.81 bits per heavy atom. The van der Waals surface area contributed by atoms with Gasteiger partial charge in [-0.1, -0.05) is 0 Å². The van der Waals surface area contributed by atoms with Crippen molar-refractivity contribution >= 4 is 29.3 Å². The lowest BCUT2D eigenvalue weighted by molar-refractivity contribution is 0.0696. The molecular formula is C23H24FN3O3S. The quantitative estimate of drug-likeness (QED) is 0.570. The van der Waals surface area contributed by atoms with Gasteiger partial charge in [-0.15, -0.1) is 0 Å². The Labute approximate surface area is 185 Å². The van der Waals surface area contributed by atoms with Gasteiger partial charge in [-0.3, -0.25) is 0 Å². The number of piperidine rings is 1. The van der Waals surface area contributed by atoms with Gasteiger partial charge in [0.25, 0.3) is 0 Å². The number of anilines is 2. The molecule has 2 N–H and O–H groups in total. The van der Waals surface area contributed by atoms with Crippen molar-refractivity contribution in [1.29, 1.82) is 5.26 Å². The Balaban J connectivity index is 1.76. The van der Waals surface area contributed by atoms with Crippen LogP contribution in [0.4, 0.5) is 15.8 Å². The van der Waals surface area contributed by atoms with Gasteiger partial charge in [0.05, 0.1) is 34.0 Å². The van der Waals surface area contributed by atoms with Crippen LogP contribution in [0.3, 0.4) is 0 Å². The number of nitrogens with one attached hydrogen (secondary N) is 1. The number of halogens is 1. The first-order valence-corrected chi connectivity index (χ1v) is 11.3. The van der Waals surface area contributed by atoms with Gasteiger partial charge in [0, 0.05) is 18.7 Å². The number of ether oxygens (including phenoxy) is 1. The normalized spacial score (nSPS) is 19.0. The van der Waals surface area contributed by atoms with Gasteiger partial charge in [-0.25, -0.2) is 9.18 Å². The summed E-state index contributed by atoms with van der Waals surface area (Å²) < 4.78 is 23.8. The maximum Gasteiger partial charge on any atom is 0.335 e. The zero-order valence-corrected chi connectivity index (χ0v) is 17.9. The number of rotatable bonds is 1. The molecular weight excluding hydrogens is 417 g/mol. The zero-order valence-electron chi connectivity index (χ0n) is 17.1. The van der Waals surface area contributed by atoms with E-state index in [9.17, 15) is 19.6 Å². The van der Waals surface area contributed by atoms with E-state index in [1.807, 2.05) is 6.07 Å². The summed E-state index contributed by atoms with van der Waals surface area (Å²) in [4.78, 5) is 14.3. The van der Waals surface area contributed by atoms with Crippen molar-refractivity contribution in [2.75, 3.05) is 22.8 Å². The summed E-state index contributed by atoms with van der Waals surface area (Å²) in [6.07, 6.45) is 6.10. The van der Waals surface area contributed by atoms with Crippen molar-refractivity contribution in [2.24, 2.45) is 0 Å². The number of aromatic carboxylic acids is 1. The fourth-order valence-electron chi connectivity index (χ4n) is 4.20. The molecule has 0 amide bonds.